The number of aliphatic imine (C=N–C) groups is 1. The van der Waals surface area contributed by atoms with Gasteiger partial charge < -0.3 is 29.7 Å². The molecule has 0 atom stereocenters. The number of ether oxygens (including phenoxy) is 3. The van der Waals surface area contributed by atoms with Gasteiger partial charge in [-0.15, -0.1) is 24.0 Å². The molecule has 2 aromatic rings. The van der Waals surface area contributed by atoms with Crippen LogP contribution in [-0.2, 0) is 6.54 Å². The van der Waals surface area contributed by atoms with Crippen LogP contribution in [0.1, 0.15) is 32.3 Å². The summed E-state index contributed by atoms with van der Waals surface area (Å²) in [5.74, 6) is 3.37. The Hall–Kier alpha value is -2.36. The maximum Gasteiger partial charge on any atom is 0.191 e. The average molecular weight is 569 g/mol. The Morgan fingerprint density at radius 1 is 1.00 bits per heavy atom. The van der Waals surface area contributed by atoms with E-state index >= 15 is 0 Å². The summed E-state index contributed by atoms with van der Waals surface area (Å²) in [6.07, 6.45) is 2.06. The molecule has 0 saturated carbocycles. The smallest absolute Gasteiger partial charge is 0.191 e. The van der Waals surface area contributed by atoms with Gasteiger partial charge in [0.25, 0.3) is 0 Å². The molecule has 0 bridgehead atoms. The highest BCUT2D eigenvalue weighted by Gasteiger charge is 2.21. The van der Waals surface area contributed by atoms with Crippen molar-refractivity contribution in [1.29, 1.82) is 0 Å². The first-order chi connectivity index (χ1) is 15.6. The number of anilines is 1. The Morgan fingerprint density at radius 2 is 1.70 bits per heavy atom. The van der Waals surface area contributed by atoms with Crippen LogP contribution >= 0.6 is 24.0 Å². The van der Waals surface area contributed by atoms with Crippen molar-refractivity contribution in [3.63, 3.8) is 0 Å². The van der Waals surface area contributed by atoms with E-state index in [9.17, 15) is 0 Å². The molecule has 33 heavy (non-hydrogen) atoms. The van der Waals surface area contributed by atoms with Gasteiger partial charge in [-0.25, -0.2) is 4.99 Å². The summed E-state index contributed by atoms with van der Waals surface area (Å²) in [7, 11) is 3.37. The molecule has 2 N–H and O–H groups in total. The molecule has 0 radical (unpaired) electrons. The first-order valence-corrected chi connectivity index (χ1v) is 11.4. The molecule has 2 aromatic carbocycles. The van der Waals surface area contributed by atoms with Gasteiger partial charge in [-0.3, -0.25) is 0 Å². The van der Waals surface area contributed by atoms with Crippen LogP contribution in [0.4, 0.5) is 5.69 Å². The predicted molar refractivity (Wildman–Crippen MR) is 146 cm³/mol. The molecule has 1 aliphatic rings. The van der Waals surface area contributed by atoms with E-state index in [0.29, 0.717) is 19.2 Å². The van der Waals surface area contributed by atoms with E-state index in [1.165, 1.54) is 0 Å². The van der Waals surface area contributed by atoms with Crippen molar-refractivity contribution in [3.05, 3.63) is 48.0 Å². The quantitative estimate of drug-likeness (QED) is 0.265. The lowest BCUT2D eigenvalue weighted by Gasteiger charge is -2.34. The number of piperidine rings is 1. The number of halogens is 1. The summed E-state index contributed by atoms with van der Waals surface area (Å²) >= 11 is 0. The van der Waals surface area contributed by atoms with Crippen molar-refractivity contribution in [2.45, 2.75) is 39.3 Å². The molecule has 182 valence electrons. The first-order valence-electron chi connectivity index (χ1n) is 11.4. The molecule has 8 heteroatoms. The maximum atomic E-state index is 5.60. The van der Waals surface area contributed by atoms with Crippen molar-refractivity contribution in [2.75, 3.05) is 45.4 Å². The SMILES string of the molecule is CCNC(=NCc1cccc(OCC)c1)NC1CCN(c2cc(OC)cc(OC)c2)CC1.I. The van der Waals surface area contributed by atoms with Crippen LogP contribution in [-0.4, -0.2) is 52.5 Å². The third-order valence-electron chi connectivity index (χ3n) is 5.51. The molecule has 0 aromatic heterocycles. The fourth-order valence-electron chi connectivity index (χ4n) is 3.84. The van der Waals surface area contributed by atoms with E-state index in [1.54, 1.807) is 14.2 Å². The van der Waals surface area contributed by atoms with Crippen LogP contribution in [0.3, 0.4) is 0 Å². The molecule has 1 aliphatic heterocycles. The van der Waals surface area contributed by atoms with Crippen molar-refractivity contribution in [3.8, 4) is 17.2 Å². The summed E-state index contributed by atoms with van der Waals surface area (Å²) in [4.78, 5) is 7.18. The molecule has 1 fully saturated rings. The van der Waals surface area contributed by atoms with Gasteiger partial charge in [-0.2, -0.15) is 0 Å². The Balaban J connectivity index is 0.00000385. The standard InChI is InChI=1S/C25H36N4O3.HI/c1-5-26-25(27-18-19-8-7-9-22(14-19)32-6-2)28-20-10-12-29(13-11-20)21-15-23(30-3)17-24(16-21)31-4;/h7-9,14-17,20H,5-6,10-13,18H2,1-4H3,(H2,26,27,28);1H. The number of benzene rings is 2. The molecule has 3 rings (SSSR count). The van der Waals surface area contributed by atoms with Gasteiger partial charge in [0.2, 0.25) is 0 Å². The van der Waals surface area contributed by atoms with Crippen LogP contribution in [0.15, 0.2) is 47.5 Å². The summed E-state index contributed by atoms with van der Waals surface area (Å²) < 4.78 is 16.4. The number of guanidine groups is 1. The van der Waals surface area contributed by atoms with Gasteiger partial charge in [-0.05, 0) is 44.4 Å². The summed E-state index contributed by atoms with van der Waals surface area (Å²) in [5, 5.41) is 6.99. The number of rotatable bonds is 9. The summed E-state index contributed by atoms with van der Waals surface area (Å²) in [6, 6.07) is 14.5. The van der Waals surface area contributed by atoms with Gasteiger partial charge in [0.15, 0.2) is 5.96 Å². The highest BCUT2D eigenvalue weighted by Crippen LogP contribution is 2.30. The molecular weight excluding hydrogens is 531 g/mol. The molecule has 0 spiro atoms. The Kier molecular flexibility index (Phi) is 11.4. The second kappa shape index (κ2) is 14.0. The molecular formula is C25H37IN4O3. The van der Waals surface area contributed by atoms with Gasteiger partial charge in [-0.1, -0.05) is 12.1 Å². The zero-order valence-corrected chi connectivity index (χ0v) is 22.4. The largest absolute Gasteiger partial charge is 0.497 e. The number of hydrogen-bond donors (Lipinski definition) is 2. The highest BCUT2D eigenvalue weighted by molar-refractivity contribution is 14.0. The minimum Gasteiger partial charge on any atom is -0.497 e. The predicted octanol–water partition coefficient (Wildman–Crippen LogP) is 4.44. The lowest BCUT2D eigenvalue weighted by atomic mass is 10.0. The monoisotopic (exact) mass is 568 g/mol. The Bertz CT molecular complexity index is 863. The molecule has 0 aliphatic carbocycles. The van der Waals surface area contributed by atoms with Gasteiger partial charge >= 0.3 is 0 Å². The molecule has 0 unspecified atom stereocenters. The summed E-state index contributed by atoms with van der Waals surface area (Å²) in [5.41, 5.74) is 2.27. The minimum absolute atomic E-state index is 0. The lowest BCUT2D eigenvalue weighted by molar-refractivity contribution is 0.340. The average Bonchev–Trinajstić information content (AvgIpc) is 2.83. The first kappa shape index (κ1) is 26.9. The van der Waals surface area contributed by atoms with Gasteiger partial charge in [0.1, 0.15) is 17.2 Å². The van der Waals surface area contributed by atoms with Gasteiger partial charge in [0.05, 0.1) is 27.4 Å². The van der Waals surface area contributed by atoms with E-state index < -0.39 is 0 Å². The maximum absolute atomic E-state index is 5.60. The van der Waals surface area contributed by atoms with E-state index in [2.05, 4.69) is 46.7 Å². The Labute approximate surface area is 214 Å². The number of nitrogens with zero attached hydrogens (tertiary/aromatic N) is 2. The van der Waals surface area contributed by atoms with Crippen molar-refractivity contribution in [2.24, 2.45) is 4.99 Å². The third kappa shape index (κ3) is 8.17. The topological polar surface area (TPSA) is 67.4 Å². The van der Waals surface area contributed by atoms with Crippen LogP contribution in [0.2, 0.25) is 0 Å². The number of nitrogens with one attached hydrogen (secondary N) is 2. The van der Waals surface area contributed by atoms with E-state index in [4.69, 9.17) is 19.2 Å². The minimum atomic E-state index is 0. The van der Waals surface area contributed by atoms with Crippen LogP contribution in [0.25, 0.3) is 0 Å². The van der Waals surface area contributed by atoms with E-state index in [1.807, 2.05) is 25.1 Å². The molecule has 1 saturated heterocycles. The number of hydrogen-bond acceptors (Lipinski definition) is 5. The highest BCUT2D eigenvalue weighted by atomic mass is 127. The van der Waals surface area contributed by atoms with E-state index in [-0.39, 0.29) is 24.0 Å². The normalized spacial score (nSPS) is 14.3. The van der Waals surface area contributed by atoms with Crippen LogP contribution in [0.5, 0.6) is 17.2 Å². The van der Waals surface area contributed by atoms with Crippen molar-refractivity contribution < 1.29 is 14.2 Å². The molecule has 7 nitrogen and oxygen atoms in total. The lowest BCUT2D eigenvalue weighted by Crippen LogP contribution is -2.48. The molecule has 1 heterocycles. The second-order valence-corrected chi connectivity index (χ2v) is 7.75. The number of methoxy groups -OCH3 is 2. The van der Waals surface area contributed by atoms with Crippen LogP contribution in [0, 0.1) is 0 Å². The summed E-state index contributed by atoms with van der Waals surface area (Å²) in [6.45, 7) is 8.11. The van der Waals surface area contributed by atoms with Gasteiger partial charge in [0, 0.05) is 49.6 Å². The zero-order chi connectivity index (χ0) is 22.8. The van der Waals surface area contributed by atoms with Crippen LogP contribution < -0.4 is 29.7 Å². The molecule has 0 amide bonds. The second-order valence-electron chi connectivity index (χ2n) is 7.75. The third-order valence-corrected chi connectivity index (χ3v) is 5.51. The Morgan fingerprint density at radius 3 is 2.30 bits per heavy atom. The van der Waals surface area contributed by atoms with E-state index in [0.717, 1.165) is 66.9 Å². The fourth-order valence-corrected chi connectivity index (χ4v) is 3.84. The van der Waals surface area contributed by atoms with Crippen molar-refractivity contribution >= 4 is 35.6 Å². The van der Waals surface area contributed by atoms with Crippen molar-refractivity contribution in [1.82, 2.24) is 10.6 Å². The fraction of sp³-hybridized carbons (Fsp3) is 0.480. The zero-order valence-electron chi connectivity index (χ0n) is 20.1.